The van der Waals surface area contributed by atoms with E-state index in [1.165, 1.54) is 25.0 Å². The highest BCUT2D eigenvalue weighted by molar-refractivity contribution is 5.64. The molecule has 0 spiro atoms. The molecule has 4 rings (SSSR count). The van der Waals surface area contributed by atoms with Crippen molar-refractivity contribution in [1.82, 2.24) is 5.48 Å². The van der Waals surface area contributed by atoms with Crippen LogP contribution in [0.1, 0.15) is 38.2 Å². The number of hydrogen-bond donors (Lipinski definition) is 6. The van der Waals surface area contributed by atoms with Gasteiger partial charge in [-0.1, -0.05) is 55.3 Å². The van der Waals surface area contributed by atoms with E-state index in [0.717, 1.165) is 37.2 Å². The molecule has 10 heteroatoms. The summed E-state index contributed by atoms with van der Waals surface area (Å²) in [5.41, 5.74) is 18.9. The molecule has 9 N–H and O–H groups in total. The molecule has 1 amide bonds. The van der Waals surface area contributed by atoms with Crippen molar-refractivity contribution in [3.63, 3.8) is 0 Å². The lowest BCUT2D eigenvalue weighted by atomic mass is 10.2. The number of nitrogens with two attached hydrogens (primary N) is 3. The Morgan fingerprint density at radius 1 is 0.821 bits per heavy atom. The van der Waals surface area contributed by atoms with Gasteiger partial charge in [0.1, 0.15) is 0 Å². The Hall–Kier alpha value is -4.41. The van der Waals surface area contributed by atoms with Crippen LogP contribution in [0.25, 0.3) is 6.08 Å². The van der Waals surface area contributed by atoms with Gasteiger partial charge in [-0.3, -0.25) is 0 Å². The Labute approximate surface area is 229 Å². The lowest BCUT2D eigenvalue weighted by Gasteiger charge is -2.11. The molecule has 10 nitrogen and oxygen atoms in total. The van der Waals surface area contributed by atoms with E-state index < -0.39 is 6.09 Å². The van der Waals surface area contributed by atoms with Gasteiger partial charge in [-0.25, -0.2) is 10.3 Å². The monoisotopic (exact) mass is 540 g/mol. The second-order valence-electron chi connectivity index (χ2n) is 7.87. The highest BCUT2D eigenvalue weighted by Gasteiger charge is 2.05. The molecular weight excluding hydrogens is 500 g/mol. The number of nitrogens with one attached hydrogen (secondary N) is 1. The van der Waals surface area contributed by atoms with Crippen molar-refractivity contribution >= 4 is 12.2 Å². The lowest BCUT2D eigenvalue weighted by Crippen LogP contribution is -2.13. The van der Waals surface area contributed by atoms with Crippen LogP contribution >= 0.6 is 0 Å². The van der Waals surface area contributed by atoms with Crippen LogP contribution in [0.3, 0.4) is 0 Å². The summed E-state index contributed by atoms with van der Waals surface area (Å²) in [5.74, 6) is 1.60. The molecule has 1 aliphatic rings. The number of unbranched alkanes of at least 4 members (excludes halogenated alkanes) is 3. The van der Waals surface area contributed by atoms with Crippen LogP contribution in [-0.4, -0.2) is 36.0 Å². The third kappa shape index (κ3) is 14.8. The summed E-state index contributed by atoms with van der Waals surface area (Å²) in [5, 5.41) is 18.9. The van der Waals surface area contributed by atoms with Gasteiger partial charge < -0.3 is 41.7 Å². The third-order valence-electron chi connectivity index (χ3n) is 4.81. The number of hydroxylamine groups is 1. The number of phenolic OH excluding ortho intramolecular Hbond substituents is 2. The molecule has 0 atom stereocenters. The maximum absolute atomic E-state index is 9.60. The van der Waals surface area contributed by atoms with Gasteiger partial charge in [0.05, 0.1) is 6.61 Å². The smallest absolute Gasteiger partial charge is 0.404 e. The number of carbonyl (C=O) groups excluding carboxylic acids is 1. The number of ether oxygens (including phenoxy) is 2. The van der Waals surface area contributed by atoms with E-state index >= 15 is 0 Å². The van der Waals surface area contributed by atoms with Crippen molar-refractivity contribution in [2.75, 3.05) is 19.7 Å². The average molecular weight is 541 g/mol. The molecule has 3 aromatic rings. The lowest BCUT2D eigenvalue weighted by molar-refractivity contribution is 0.163. The maximum atomic E-state index is 9.60. The summed E-state index contributed by atoms with van der Waals surface area (Å²) in [6.07, 6.45) is 7.82. The van der Waals surface area contributed by atoms with Crippen LogP contribution in [0.15, 0.2) is 79.0 Å². The van der Waals surface area contributed by atoms with Gasteiger partial charge in [0.15, 0.2) is 28.7 Å². The SMILES string of the molecule is C1=Cc2ccccc2ON1.CCOC(N)=O.NCCCCCCN.Oc1ccccc1Oc1ccccc1O. The Balaban J connectivity index is 0.000000278. The topological polar surface area (TPSA) is 175 Å². The first kappa shape index (κ1) is 32.6. The molecule has 0 saturated heterocycles. The summed E-state index contributed by atoms with van der Waals surface area (Å²) in [6, 6.07) is 21.0. The van der Waals surface area contributed by atoms with Gasteiger partial charge in [0.25, 0.3) is 0 Å². The van der Waals surface area contributed by atoms with E-state index in [1.807, 2.05) is 30.3 Å². The van der Waals surface area contributed by atoms with Crippen molar-refractivity contribution in [2.45, 2.75) is 32.6 Å². The fourth-order valence-corrected chi connectivity index (χ4v) is 2.92. The predicted molar refractivity (Wildman–Crippen MR) is 153 cm³/mol. The predicted octanol–water partition coefficient (Wildman–Crippen LogP) is 5.01. The van der Waals surface area contributed by atoms with Crippen molar-refractivity contribution in [3.05, 3.63) is 84.6 Å². The van der Waals surface area contributed by atoms with Gasteiger partial charge in [0.2, 0.25) is 0 Å². The van der Waals surface area contributed by atoms with Crippen molar-refractivity contribution in [2.24, 2.45) is 17.2 Å². The number of phenols is 2. The van der Waals surface area contributed by atoms with E-state index in [2.05, 4.69) is 16.0 Å². The number of fused-ring (bicyclic) bond motifs is 1. The highest BCUT2D eigenvalue weighted by atomic mass is 16.6. The van der Waals surface area contributed by atoms with Crippen LogP contribution < -0.4 is 32.3 Å². The van der Waals surface area contributed by atoms with Gasteiger partial charge in [-0.2, -0.15) is 0 Å². The molecule has 0 radical (unpaired) electrons. The zero-order chi connectivity index (χ0) is 28.7. The Morgan fingerprint density at radius 3 is 1.77 bits per heavy atom. The molecule has 39 heavy (non-hydrogen) atoms. The molecule has 212 valence electrons. The molecular formula is C29H40N4O6. The number of primary amides is 1. The normalized spacial score (nSPS) is 10.3. The molecule has 0 fully saturated rings. The number of amides is 1. The summed E-state index contributed by atoms with van der Waals surface area (Å²) in [7, 11) is 0. The summed E-state index contributed by atoms with van der Waals surface area (Å²) >= 11 is 0. The van der Waals surface area contributed by atoms with E-state index in [4.69, 9.17) is 21.0 Å². The van der Waals surface area contributed by atoms with Crippen LogP contribution in [0.2, 0.25) is 0 Å². The molecule has 0 saturated carbocycles. The molecule has 0 bridgehead atoms. The summed E-state index contributed by atoms with van der Waals surface area (Å²) in [6.45, 7) is 3.70. The average Bonchev–Trinajstić information content (AvgIpc) is 2.95. The van der Waals surface area contributed by atoms with E-state index in [1.54, 1.807) is 49.5 Å². The zero-order valence-corrected chi connectivity index (χ0v) is 22.3. The fourth-order valence-electron chi connectivity index (χ4n) is 2.92. The van der Waals surface area contributed by atoms with Crippen LogP contribution in [-0.2, 0) is 4.74 Å². The minimum absolute atomic E-state index is 0.0424. The summed E-state index contributed by atoms with van der Waals surface area (Å²) < 4.78 is 9.52. The largest absolute Gasteiger partial charge is 0.504 e. The first-order chi connectivity index (χ1) is 18.9. The number of para-hydroxylation sites is 5. The number of rotatable bonds is 8. The number of aromatic hydroxyl groups is 2. The number of hydrogen-bond acceptors (Lipinski definition) is 9. The first-order valence-corrected chi connectivity index (χ1v) is 12.7. The standard InChI is InChI=1S/C12H10O3.C8H7NO.C6H16N2.C3H7NO2/c13-9-5-1-3-7-11(9)15-12-8-4-2-6-10(12)14;1-2-4-8-7(3-1)5-6-9-10-8;7-5-3-1-2-4-6-8;1-2-6-3(4)5/h1-8,13-14H;1-6,9H;1-8H2;2H2,1H3,(H2,4,5). The third-order valence-corrected chi connectivity index (χ3v) is 4.81. The van der Waals surface area contributed by atoms with Gasteiger partial charge in [-0.15, -0.1) is 0 Å². The van der Waals surface area contributed by atoms with Crippen LogP contribution in [0.4, 0.5) is 4.79 Å². The molecule has 0 aromatic heterocycles. The van der Waals surface area contributed by atoms with Gasteiger partial charge >= 0.3 is 6.09 Å². The Morgan fingerprint density at radius 2 is 1.33 bits per heavy atom. The second kappa shape index (κ2) is 20.6. The minimum Gasteiger partial charge on any atom is -0.504 e. The van der Waals surface area contributed by atoms with E-state index in [9.17, 15) is 15.0 Å². The number of carbonyl (C=O) groups is 1. The van der Waals surface area contributed by atoms with Crippen LogP contribution in [0.5, 0.6) is 28.7 Å². The first-order valence-electron chi connectivity index (χ1n) is 12.7. The molecule has 1 aliphatic heterocycles. The van der Waals surface area contributed by atoms with Crippen molar-refractivity contribution < 1.29 is 29.3 Å². The zero-order valence-electron chi connectivity index (χ0n) is 22.3. The van der Waals surface area contributed by atoms with Crippen molar-refractivity contribution in [1.29, 1.82) is 0 Å². The molecule has 0 aliphatic carbocycles. The van der Waals surface area contributed by atoms with E-state index in [0.29, 0.717) is 18.1 Å². The van der Waals surface area contributed by atoms with Gasteiger partial charge in [0, 0.05) is 11.8 Å². The second-order valence-corrected chi connectivity index (χ2v) is 7.87. The molecule has 1 heterocycles. The fraction of sp³-hybridized carbons (Fsp3) is 0.276. The van der Waals surface area contributed by atoms with Gasteiger partial charge in [-0.05, 0) is 69.3 Å². The molecule has 3 aromatic carbocycles. The molecule has 0 unspecified atom stereocenters. The van der Waals surface area contributed by atoms with Crippen molar-refractivity contribution in [3.8, 4) is 28.7 Å². The van der Waals surface area contributed by atoms with Crippen LogP contribution in [0, 0.1) is 0 Å². The quantitative estimate of drug-likeness (QED) is 0.214. The minimum atomic E-state index is -0.711. The summed E-state index contributed by atoms with van der Waals surface area (Å²) in [4.78, 5) is 14.7. The highest BCUT2D eigenvalue weighted by Crippen LogP contribution is 2.34. The Bertz CT molecular complexity index is 1060. The Kier molecular flexibility index (Phi) is 17.3. The number of benzene rings is 3. The maximum Gasteiger partial charge on any atom is 0.404 e. The van der Waals surface area contributed by atoms with E-state index in [-0.39, 0.29) is 11.5 Å².